The first-order valence-electron chi connectivity index (χ1n) is 9.60. The minimum Gasteiger partial charge on any atom is -0.173 e. The van der Waals surface area contributed by atoms with Gasteiger partial charge in [-0.05, 0) is 64.8 Å². The molecule has 156 valence electrons. The van der Waals surface area contributed by atoms with E-state index in [9.17, 15) is 0 Å². The topological polar surface area (TPSA) is 25.8 Å². The van der Waals surface area contributed by atoms with Crippen LogP contribution >= 0.6 is 23.1 Å². The Kier molecular flexibility index (Phi) is 12.0. The molecule has 0 bridgehead atoms. The molecule has 0 amide bonds. The third kappa shape index (κ3) is 9.68. The Morgan fingerprint density at radius 3 is 1.31 bits per heavy atom. The molecule has 29 heavy (non-hydrogen) atoms. The van der Waals surface area contributed by atoms with Crippen molar-refractivity contribution in [1.82, 2.24) is 8.75 Å². The van der Waals surface area contributed by atoms with Gasteiger partial charge in [0, 0.05) is 9.75 Å². The first-order valence-corrected chi connectivity index (χ1v) is 12.9. The monoisotopic (exact) mass is 492 g/mol. The Morgan fingerprint density at radius 2 is 1.07 bits per heavy atom. The van der Waals surface area contributed by atoms with Gasteiger partial charge in [0.15, 0.2) is 0 Å². The number of hydrogen-bond acceptors (Lipinski definition) is 4. The molecular weight excluding hydrogens is 459 g/mol. The van der Waals surface area contributed by atoms with Crippen molar-refractivity contribution in [3.05, 3.63) is 78.3 Å². The smallest absolute Gasteiger partial charge is 0.107 e. The van der Waals surface area contributed by atoms with Crippen LogP contribution in [-0.4, -0.2) is 23.3 Å². The van der Waals surface area contributed by atoms with Gasteiger partial charge >= 0.3 is 49.4 Å². The van der Waals surface area contributed by atoms with Crippen LogP contribution < -0.4 is 0 Å². The Bertz CT molecular complexity index is 898. The van der Waals surface area contributed by atoms with Crippen LogP contribution in [0.1, 0.15) is 43.6 Å². The predicted molar refractivity (Wildman–Crippen MR) is 134 cm³/mol. The summed E-state index contributed by atoms with van der Waals surface area (Å²) in [6, 6.07) is 12.8. The summed E-state index contributed by atoms with van der Waals surface area (Å²) in [5.74, 6) is 0. The van der Waals surface area contributed by atoms with E-state index in [1.807, 2.05) is 37.3 Å². The van der Waals surface area contributed by atoms with Crippen LogP contribution in [-0.2, 0) is 0 Å². The Balaban J connectivity index is 0.000000206. The molecule has 5 heteroatoms. The molecule has 0 aliphatic carbocycles. The Morgan fingerprint density at radius 1 is 0.655 bits per heavy atom. The van der Waals surface area contributed by atoms with E-state index in [0.29, 0.717) is 14.5 Å². The summed E-state index contributed by atoms with van der Waals surface area (Å²) in [6.07, 6.45) is 4.00. The van der Waals surface area contributed by atoms with Crippen molar-refractivity contribution in [2.45, 2.75) is 55.4 Å². The first kappa shape index (κ1) is 25.5. The fourth-order valence-electron chi connectivity index (χ4n) is 2.23. The summed E-state index contributed by atoms with van der Waals surface area (Å²) in [4.78, 5) is 2.80. The van der Waals surface area contributed by atoms with Crippen molar-refractivity contribution in [3.8, 4) is 0 Å². The second kappa shape index (κ2) is 13.7. The maximum atomic E-state index is 4.21. The average molecular weight is 492 g/mol. The molecule has 1 aromatic carbocycles. The molecule has 0 saturated heterocycles. The van der Waals surface area contributed by atoms with Gasteiger partial charge in [0.2, 0.25) is 0 Å². The van der Waals surface area contributed by atoms with Crippen LogP contribution in [0, 0.1) is 41.5 Å². The molecule has 0 atom stereocenters. The van der Waals surface area contributed by atoms with Gasteiger partial charge in [-0.2, -0.15) is 8.75 Å². The minimum atomic E-state index is 0.708. The number of aromatic nitrogens is 2. The van der Waals surface area contributed by atoms with E-state index in [2.05, 4.69) is 86.7 Å². The molecule has 0 fully saturated rings. The fourth-order valence-corrected chi connectivity index (χ4v) is 5.31. The molecular formula is C24H32N2S2Se. The number of thiophene rings is 1. The van der Waals surface area contributed by atoms with Crippen molar-refractivity contribution in [1.29, 1.82) is 0 Å². The molecule has 4 rings (SSSR count). The van der Waals surface area contributed by atoms with Gasteiger partial charge in [0.25, 0.3) is 0 Å². The van der Waals surface area contributed by atoms with Gasteiger partial charge < -0.3 is 0 Å². The second-order valence-corrected chi connectivity index (χ2v) is 11.8. The van der Waals surface area contributed by atoms with Crippen LogP contribution in [0.5, 0.6) is 0 Å². The van der Waals surface area contributed by atoms with E-state index >= 15 is 0 Å². The number of fused-ring (bicyclic) bond motifs is 1. The van der Waals surface area contributed by atoms with E-state index in [4.69, 9.17) is 0 Å². The molecule has 3 aromatic heterocycles. The number of benzene rings is 1. The van der Waals surface area contributed by atoms with Crippen molar-refractivity contribution in [3.63, 3.8) is 0 Å². The van der Waals surface area contributed by atoms with Crippen LogP contribution in [0.25, 0.3) is 11.0 Å². The third-order valence-electron chi connectivity index (χ3n) is 3.90. The van der Waals surface area contributed by atoms with Gasteiger partial charge in [-0.15, -0.1) is 11.3 Å². The summed E-state index contributed by atoms with van der Waals surface area (Å²) in [7, 11) is 0. The normalized spacial score (nSPS) is 9.93. The number of aryl methyl sites for hydroxylation is 6. The molecule has 0 unspecified atom stereocenters. The number of rotatable bonds is 0. The van der Waals surface area contributed by atoms with E-state index in [-0.39, 0.29) is 0 Å². The van der Waals surface area contributed by atoms with E-state index in [1.54, 1.807) is 8.87 Å². The van der Waals surface area contributed by atoms with Gasteiger partial charge in [-0.1, -0.05) is 24.3 Å². The quantitative estimate of drug-likeness (QED) is 0.187. The van der Waals surface area contributed by atoms with Crippen LogP contribution in [0.2, 0.25) is 0 Å². The average Bonchev–Trinajstić information content (AvgIpc) is 3.42. The molecule has 0 aliphatic rings. The number of hydrogen-bond donors (Lipinski definition) is 0. The SMILES string of the molecule is C/C=C/C.Cc1ccc(C)[se]1.Cc1ccc(C)c2nsnc12.Cc1ccc(C)s1. The van der Waals surface area contributed by atoms with Crippen LogP contribution in [0.4, 0.5) is 0 Å². The largest absolute Gasteiger partial charge is 0.173 e. The van der Waals surface area contributed by atoms with Gasteiger partial charge in [-0.3, -0.25) is 0 Å². The van der Waals surface area contributed by atoms with Crippen molar-refractivity contribution in [2.75, 3.05) is 0 Å². The van der Waals surface area contributed by atoms with E-state index < -0.39 is 0 Å². The summed E-state index contributed by atoms with van der Waals surface area (Å²) in [5.41, 5.74) is 4.52. The molecule has 0 N–H and O–H groups in total. The third-order valence-corrected chi connectivity index (χ3v) is 7.27. The maximum absolute atomic E-state index is 4.21. The predicted octanol–water partition coefficient (Wildman–Crippen LogP) is 7.62. The molecule has 0 aliphatic heterocycles. The minimum absolute atomic E-state index is 0.708. The molecule has 0 spiro atoms. The molecule has 2 nitrogen and oxygen atoms in total. The summed E-state index contributed by atoms with van der Waals surface area (Å²) in [5, 5.41) is 0. The number of allylic oxidation sites excluding steroid dienone is 2. The summed E-state index contributed by atoms with van der Waals surface area (Å²) >= 11 is 3.83. The molecule has 0 saturated carbocycles. The van der Waals surface area contributed by atoms with Gasteiger partial charge in [-0.25, -0.2) is 0 Å². The van der Waals surface area contributed by atoms with Crippen molar-refractivity contribution >= 4 is 48.6 Å². The Labute approximate surface area is 190 Å². The van der Waals surface area contributed by atoms with Crippen molar-refractivity contribution < 1.29 is 0 Å². The maximum Gasteiger partial charge on any atom is 0.107 e. The first-order chi connectivity index (χ1) is 13.8. The van der Waals surface area contributed by atoms with Crippen LogP contribution in [0.3, 0.4) is 0 Å². The molecule has 0 radical (unpaired) electrons. The second-order valence-electron chi connectivity index (χ2n) is 6.64. The van der Waals surface area contributed by atoms with E-state index in [0.717, 1.165) is 11.0 Å². The zero-order valence-electron chi connectivity index (χ0n) is 18.7. The number of nitrogens with zero attached hydrogens (tertiary/aromatic N) is 2. The molecule has 3 heterocycles. The zero-order chi connectivity index (χ0) is 21.8. The summed E-state index contributed by atoms with van der Waals surface area (Å²) < 4.78 is 11.5. The van der Waals surface area contributed by atoms with Crippen molar-refractivity contribution in [2.24, 2.45) is 0 Å². The standard InChI is InChI=1S/C8H8N2S.C6H8S.C6H8Se.C4H8/c1-5-3-4-6(2)8-7(5)9-11-10-8;2*1-5-3-4-6(2)7-5;1-3-4-2/h3-4H,1-2H3;2*3-4H,1-2H3;3-4H,1-2H3/b;;;4-3+. The van der Waals surface area contributed by atoms with Gasteiger partial charge in [0.05, 0.1) is 11.7 Å². The van der Waals surface area contributed by atoms with Gasteiger partial charge in [0.1, 0.15) is 11.0 Å². The fraction of sp³-hybridized carbons (Fsp3) is 0.333. The van der Waals surface area contributed by atoms with Crippen LogP contribution in [0.15, 0.2) is 48.6 Å². The van der Waals surface area contributed by atoms with E-state index in [1.165, 1.54) is 32.6 Å². The molecule has 4 aromatic rings. The zero-order valence-corrected chi connectivity index (χ0v) is 22.1. The Hall–Kier alpha value is -1.52. The summed E-state index contributed by atoms with van der Waals surface area (Å²) in [6.45, 7) is 16.7.